The molecule has 0 heterocycles. The smallest absolute Gasteiger partial charge is 0.335 e. The maximum absolute atomic E-state index is 13.0. The van der Waals surface area contributed by atoms with Crippen molar-refractivity contribution in [3.63, 3.8) is 0 Å². The predicted octanol–water partition coefficient (Wildman–Crippen LogP) is 6.27. The number of ether oxygens (including phenoxy) is 1. The lowest BCUT2D eigenvalue weighted by atomic mass is 9.43. The number of aliphatic hydroxyl groups is 2. The van der Waals surface area contributed by atoms with E-state index in [4.69, 9.17) is 9.84 Å². The Labute approximate surface area is 289 Å². The molecule has 11 unspecified atom stereocenters. The Hall–Kier alpha value is -3.27. The number of carboxylic acids is 2. The molecule has 4 fully saturated rings. The van der Waals surface area contributed by atoms with Gasteiger partial charge in [-0.05, 0) is 133 Å². The Kier molecular flexibility index (Phi) is 10.3. The van der Waals surface area contributed by atoms with E-state index in [1.807, 2.05) is 12.1 Å². The Morgan fingerprint density at radius 1 is 0.918 bits per heavy atom. The van der Waals surface area contributed by atoms with Crippen molar-refractivity contribution in [1.82, 2.24) is 5.32 Å². The van der Waals surface area contributed by atoms with Gasteiger partial charge in [0.15, 0.2) is 0 Å². The summed E-state index contributed by atoms with van der Waals surface area (Å²) in [5.41, 5.74) is 2.11. The summed E-state index contributed by atoms with van der Waals surface area (Å²) in [5.74, 6) is -0.534. The third-order valence-electron chi connectivity index (χ3n) is 13.6. The third kappa shape index (κ3) is 6.78. The molecule has 2 aromatic carbocycles. The molecular weight excluding hydrogens is 622 g/mol. The first-order chi connectivity index (χ1) is 23.3. The van der Waals surface area contributed by atoms with Crippen LogP contribution in [0.4, 0.5) is 0 Å². The summed E-state index contributed by atoms with van der Waals surface area (Å²) in [5, 5.41) is 44.9. The first-order valence-electron chi connectivity index (χ1n) is 18.2. The SMILES string of the molecule is CC(CCC(=O)O)C1CCC2C3C(O)CC4CC(OCCNC(=O)c5cccc(-c6ccc(C(=O)O)cc6)c5)CCC4(C)C3CC(O)C12C. The Morgan fingerprint density at radius 2 is 1.67 bits per heavy atom. The van der Waals surface area contributed by atoms with Crippen molar-refractivity contribution in [1.29, 1.82) is 0 Å². The zero-order valence-corrected chi connectivity index (χ0v) is 29.0. The van der Waals surface area contributed by atoms with E-state index >= 15 is 0 Å². The van der Waals surface area contributed by atoms with E-state index in [9.17, 15) is 29.7 Å². The number of carboxylic acid groups (broad SMARTS) is 2. The number of aliphatic carboxylic acids is 1. The van der Waals surface area contributed by atoms with E-state index in [1.54, 1.807) is 36.4 Å². The molecular formula is C40H53NO8. The van der Waals surface area contributed by atoms with Gasteiger partial charge in [0.2, 0.25) is 0 Å². The number of hydrogen-bond acceptors (Lipinski definition) is 6. The molecule has 0 aliphatic heterocycles. The van der Waals surface area contributed by atoms with Gasteiger partial charge in [-0.15, -0.1) is 0 Å². The molecule has 11 atom stereocenters. The monoisotopic (exact) mass is 675 g/mol. The average molecular weight is 676 g/mol. The van der Waals surface area contributed by atoms with Gasteiger partial charge in [0.05, 0.1) is 30.5 Å². The number of nitrogens with one attached hydrogen (secondary N) is 1. The van der Waals surface area contributed by atoms with Crippen LogP contribution in [0.2, 0.25) is 0 Å². The summed E-state index contributed by atoms with van der Waals surface area (Å²) < 4.78 is 6.31. The summed E-state index contributed by atoms with van der Waals surface area (Å²) in [6.45, 7) is 7.51. The highest BCUT2D eigenvalue weighted by Crippen LogP contribution is 2.68. The molecule has 49 heavy (non-hydrogen) atoms. The molecule has 6 rings (SSSR count). The van der Waals surface area contributed by atoms with Gasteiger partial charge >= 0.3 is 11.9 Å². The third-order valence-corrected chi connectivity index (χ3v) is 13.6. The van der Waals surface area contributed by atoms with Gasteiger partial charge in [-0.2, -0.15) is 0 Å². The molecule has 0 saturated heterocycles. The fraction of sp³-hybridized carbons (Fsp3) is 0.625. The predicted molar refractivity (Wildman–Crippen MR) is 185 cm³/mol. The number of hydrogen-bond donors (Lipinski definition) is 5. The molecule has 4 aliphatic carbocycles. The van der Waals surface area contributed by atoms with Crippen molar-refractivity contribution < 1.29 is 39.5 Å². The molecule has 4 aliphatic rings. The van der Waals surface area contributed by atoms with Crippen LogP contribution in [0.5, 0.6) is 0 Å². The first kappa shape index (κ1) is 35.6. The molecule has 0 spiro atoms. The number of fused-ring (bicyclic) bond motifs is 5. The van der Waals surface area contributed by atoms with Crippen molar-refractivity contribution in [3.8, 4) is 11.1 Å². The molecule has 9 heteroatoms. The summed E-state index contributed by atoms with van der Waals surface area (Å²) in [7, 11) is 0. The Balaban J connectivity index is 1.02. The lowest BCUT2D eigenvalue weighted by Gasteiger charge is -2.63. The second kappa shape index (κ2) is 14.2. The van der Waals surface area contributed by atoms with Crippen LogP contribution in [0.1, 0.15) is 99.3 Å². The molecule has 1 amide bonds. The van der Waals surface area contributed by atoms with Crippen LogP contribution in [0.15, 0.2) is 48.5 Å². The van der Waals surface area contributed by atoms with E-state index in [2.05, 4.69) is 26.1 Å². The molecule has 266 valence electrons. The van der Waals surface area contributed by atoms with Gasteiger partial charge in [-0.1, -0.05) is 45.0 Å². The minimum absolute atomic E-state index is 0.0201. The fourth-order valence-corrected chi connectivity index (χ4v) is 11.0. The van der Waals surface area contributed by atoms with Crippen molar-refractivity contribution in [2.75, 3.05) is 13.2 Å². The fourth-order valence-electron chi connectivity index (χ4n) is 11.0. The second-order valence-corrected chi connectivity index (χ2v) is 16.0. The standard InChI is InChI=1S/C40H53NO8/c1-23(7-14-35(44)45)30-12-13-31-36-32(22-34(43)40(30,31)3)39(2)16-15-29(20-28(39)21-33(36)42)49-18-17-41-37(46)27-6-4-5-26(19-27)24-8-10-25(11-9-24)38(47)48/h4-6,8-11,19,23,28-34,36,42-43H,7,12-18,20-22H2,1-3H3,(H,41,46)(H,44,45)(H,47,48). The lowest BCUT2D eigenvalue weighted by molar-refractivity contribution is -0.209. The number of benzene rings is 2. The van der Waals surface area contributed by atoms with Gasteiger partial charge in [-0.3, -0.25) is 9.59 Å². The van der Waals surface area contributed by atoms with E-state index in [0.29, 0.717) is 37.5 Å². The zero-order chi connectivity index (χ0) is 35.1. The van der Waals surface area contributed by atoms with Gasteiger partial charge in [-0.25, -0.2) is 4.79 Å². The molecule has 9 nitrogen and oxygen atoms in total. The summed E-state index contributed by atoms with van der Waals surface area (Å²) in [4.78, 5) is 35.4. The lowest BCUT2D eigenvalue weighted by Crippen LogP contribution is -2.62. The maximum Gasteiger partial charge on any atom is 0.335 e. The minimum atomic E-state index is -0.980. The molecule has 0 radical (unpaired) electrons. The number of carbonyl (C=O) groups is 3. The van der Waals surface area contributed by atoms with Crippen LogP contribution < -0.4 is 5.32 Å². The normalized spacial score (nSPS) is 35.8. The highest BCUT2D eigenvalue weighted by molar-refractivity contribution is 5.95. The highest BCUT2D eigenvalue weighted by atomic mass is 16.5. The maximum atomic E-state index is 13.0. The van der Waals surface area contributed by atoms with Crippen LogP contribution in [0.3, 0.4) is 0 Å². The molecule has 0 aromatic heterocycles. The van der Waals surface area contributed by atoms with Gasteiger partial charge in [0.1, 0.15) is 0 Å². The zero-order valence-electron chi connectivity index (χ0n) is 29.0. The van der Waals surface area contributed by atoms with E-state index in [-0.39, 0.29) is 64.4 Å². The van der Waals surface area contributed by atoms with Crippen molar-refractivity contribution in [3.05, 3.63) is 59.7 Å². The molecule has 0 bridgehead atoms. The topological polar surface area (TPSA) is 153 Å². The number of rotatable bonds is 11. The summed E-state index contributed by atoms with van der Waals surface area (Å²) in [6, 6.07) is 13.8. The Morgan fingerprint density at radius 3 is 2.39 bits per heavy atom. The molecule has 2 aromatic rings. The van der Waals surface area contributed by atoms with Gasteiger partial charge < -0.3 is 30.5 Å². The summed E-state index contributed by atoms with van der Waals surface area (Å²) >= 11 is 0. The minimum Gasteiger partial charge on any atom is -0.481 e. The number of aromatic carboxylic acids is 1. The van der Waals surface area contributed by atoms with Gasteiger partial charge in [0, 0.05) is 18.5 Å². The van der Waals surface area contributed by atoms with Crippen molar-refractivity contribution >= 4 is 17.8 Å². The quantitative estimate of drug-likeness (QED) is 0.175. The van der Waals surface area contributed by atoms with Crippen LogP contribution in [-0.4, -0.2) is 69.7 Å². The van der Waals surface area contributed by atoms with E-state index < -0.39 is 24.1 Å². The largest absolute Gasteiger partial charge is 0.481 e. The summed E-state index contributed by atoms with van der Waals surface area (Å²) in [6.07, 6.45) is 6.10. The first-order valence-corrected chi connectivity index (χ1v) is 18.2. The number of carbonyl (C=O) groups excluding carboxylic acids is 1. The average Bonchev–Trinajstić information content (AvgIpc) is 3.44. The van der Waals surface area contributed by atoms with Crippen LogP contribution in [0.25, 0.3) is 11.1 Å². The van der Waals surface area contributed by atoms with Crippen LogP contribution in [0, 0.1) is 46.3 Å². The second-order valence-electron chi connectivity index (χ2n) is 16.0. The number of aliphatic hydroxyl groups excluding tert-OH is 2. The van der Waals surface area contributed by atoms with Crippen molar-refractivity contribution in [2.24, 2.45) is 46.3 Å². The number of amides is 1. The van der Waals surface area contributed by atoms with Crippen LogP contribution in [-0.2, 0) is 9.53 Å². The van der Waals surface area contributed by atoms with E-state index in [0.717, 1.165) is 49.7 Å². The van der Waals surface area contributed by atoms with Crippen molar-refractivity contribution in [2.45, 2.75) is 96.9 Å². The van der Waals surface area contributed by atoms with E-state index in [1.165, 1.54) is 0 Å². The van der Waals surface area contributed by atoms with Crippen LogP contribution >= 0.6 is 0 Å². The molecule has 4 saturated carbocycles. The Bertz CT molecular complexity index is 1530. The molecule has 5 N–H and O–H groups in total. The van der Waals surface area contributed by atoms with Gasteiger partial charge in [0.25, 0.3) is 5.91 Å². The highest BCUT2D eigenvalue weighted by Gasteiger charge is 2.65.